The molecular formula is C23H30N4O4. The molecule has 0 saturated heterocycles. The van der Waals surface area contributed by atoms with Crippen LogP contribution >= 0.6 is 0 Å². The summed E-state index contributed by atoms with van der Waals surface area (Å²) < 4.78 is 5.12. The predicted octanol–water partition coefficient (Wildman–Crippen LogP) is 2.76. The Labute approximate surface area is 183 Å². The summed E-state index contributed by atoms with van der Waals surface area (Å²) in [5.74, 6) is -1.29. The molecule has 0 fully saturated rings. The van der Waals surface area contributed by atoms with Gasteiger partial charge in [-0.15, -0.1) is 0 Å². The summed E-state index contributed by atoms with van der Waals surface area (Å²) in [6, 6.07) is 15.3. The lowest BCUT2D eigenvalue weighted by molar-refractivity contribution is -0.151. The van der Waals surface area contributed by atoms with Gasteiger partial charge in [0.1, 0.15) is 6.04 Å². The number of hydrogen-bond donors (Lipinski definition) is 3. The molecule has 0 heterocycles. The fourth-order valence-corrected chi connectivity index (χ4v) is 2.72. The number of amides is 3. The highest BCUT2D eigenvalue weighted by Gasteiger charge is 2.26. The van der Waals surface area contributed by atoms with E-state index in [0.29, 0.717) is 12.2 Å². The lowest BCUT2D eigenvalue weighted by Gasteiger charge is -2.21. The molecule has 0 unspecified atom stereocenters. The largest absolute Gasteiger partial charge is 0.454 e. The zero-order valence-electron chi connectivity index (χ0n) is 18.3. The number of rotatable bonds is 9. The molecule has 0 radical (unpaired) electrons. The zero-order valence-corrected chi connectivity index (χ0v) is 18.3. The first kappa shape index (κ1) is 23.7. The topological polar surface area (TPSA) is 99.8 Å². The Kier molecular flexibility index (Phi) is 8.87. The van der Waals surface area contributed by atoms with Crippen molar-refractivity contribution in [2.45, 2.75) is 26.4 Å². The average Bonchev–Trinajstić information content (AvgIpc) is 2.75. The molecule has 166 valence electrons. The van der Waals surface area contributed by atoms with Gasteiger partial charge in [-0.3, -0.25) is 4.79 Å². The lowest BCUT2D eigenvalue weighted by Crippen LogP contribution is -2.47. The minimum Gasteiger partial charge on any atom is -0.454 e. The molecule has 3 N–H and O–H groups in total. The number of carbonyl (C=O) groups is 3. The molecule has 0 aliphatic carbocycles. The first-order valence-electron chi connectivity index (χ1n) is 10.1. The van der Waals surface area contributed by atoms with Gasteiger partial charge in [0.2, 0.25) is 0 Å². The highest BCUT2D eigenvalue weighted by atomic mass is 16.5. The first-order valence-corrected chi connectivity index (χ1v) is 10.1. The van der Waals surface area contributed by atoms with Crippen LogP contribution in [-0.2, 0) is 20.9 Å². The van der Waals surface area contributed by atoms with Gasteiger partial charge in [-0.05, 0) is 35.7 Å². The third-order valence-corrected chi connectivity index (χ3v) is 4.53. The lowest BCUT2D eigenvalue weighted by atomic mass is 10.1. The Morgan fingerprint density at radius 3 is 2.19 bits per heavy atom. The molecule has 0 aliphatic heterocycles. The second-order valence-electron chi connectivity index (χ2n) is 7.63. The van der Waals surface area contributed by atoms with Gasteiger partial charge in [-0.25, -0.2) is 9.59 Å². The Balaban J connectivity index is 1.79. The molecule has 0 bridgehead atoms. The molecule has 8 heteroatoms. The highest BCUT2D eigenvalue weighted by molar-refractivity contribution is 5.93. The summed E-state index contributed by atoms with van der Waals surface area (Å²) in [5, 5.41) is 7.97. The number of anilines is 2. The van der Waals surface area contributed by atoms with Crippen LogP contribution in [0, 0.1) is 5.92 Å². The van der Waals surface area contributed by atoms with E-state index in [4.69, 9.17) is 4.74 Å². The van der Waals surface area contributed by atoms with Gasteiger partial charge in [0.15, 0.2) is 6.61 Å². The number of nitrogens with zero attached hydrogens (tertiary/aromatic N) is 1. The number of benzene rings is 2. The molecule has 31 heavy (non-hydrogen) atoms. The second-order valence-corrected chi connectivity index (χ2v) is 7.63. The van der Waals surface area contributed by atoms with Crippen LogP contribution in [0.4, 0.5) is 16.2 Å². The molecule has 0 aromatic heterocycles. The second kappa shape index (κ2) is 11.6. The van der Waals surface area contributed by atoms with Crippen molar-refractivity contribution in [1.29, 1.82) is 0 Å². The normalized spacial score (nSPS) is 11.4. The summed E-state index contributed by atoms with van der Waals surface area (Å²) in [6.45, 7) is 3.48. The maximum Gasteiger partial charge on any atom is 0.329 e. The number of esters is 1. The fourth-order valence-electron chi connectivity index (χ4n) is 2.72. The van der Waals surface area contributed by atoms with Crippen LogP contribution in [0.15, 0.2) is 54.6 Å². The standard InChI is InChI=1S/C23H30N4O4/c1-16(2)21(26-23(30)25-18-8-6-5-7-9-18)22(29)31-15-20(28)24-14-17-10-12-19(13-11-17)27(3)4/h5-13,16,21H,14-15H2,1-4H3,(H,24,28)(H2,25,26,30)/t21-/m1/s1. The molecule has 3 amide bonds. The molecule has 8 nitrogen and oxygen atoms in total. The molecule has 2 rings (SSSR count). The quantitative estimate of drug-likeness (QED) is 0.536. The number of para-hydroxylation sites is 1. The Morgan fingerprint density at radius 1 is 0.968 bits per heavy atom. The highest BCUT2D eigenvalue weighted by Crippen LogP contribution is 2.12. The summed E-state index contributed by atoms with van der Waals surface area (Å²) in [5.41, 5.74) is 2.60. The minimum absolute atomic E-state index is 0.215. The van der Waals surface area contributed by atoms with Gasteiger partial charge in [-0.1, -0.05) is 44.2 Å². The van der Waals surface area contributed by atoms with Crippen LogP contribution in [0.5, 0.6) is 0 Å². The third kappa shape index (κ3) is 8.00. The van der Waals surface area contributed by atoms with E-state index in [-0.39, 0.29) is 5.92 Å². The molecule has 1 atom stereocenters. The fraction of sp³-hybridized carbons (Fsp3) is 0.348. The van der Waals surface area contributed by atoms with E-state index in [9.17, 15) is 14.4 Å². The van der Waals surface area contributed by atoms with E-state index >= 15 is 0 Å². The monoisotopic (exact) mass is 426 g/mol. The van der Waals surface area contributed by atoms with Crippen molar-refractivity contribution in [1.82, 2.24) is 10.6 Å². The van der Waals surface area contributed by atoms with E-state index in [1.165, 1.54) is 0 Å². The van der Waals surface area contributed by atoms with Gasteiger partial charge in [0, 0.05) is 32.0 Å². The summed E-state index contributed by atoms with van der Waals surface area (Å²) in [6.07, 6.45) is 0. The van der Waals surface area contributed by atoms with Gasteiger partial charge in [0.25, 0.3) is 5.91 Å². The molecule has 2 aromatic rings. The molecular weight excluding hydrogens is 396 g/mol. The number of nitrogens with one attached hydrogen (secondary N) is 3. The zero-order chi connectivity index (χ0) is 22.8. The number of ether oxygens (including phenoxy) is 1. The van der Waals surface area contributed by atoms with Gasteiger partial charge >= 0.3 is 12.0 Å². The van der Waals surface area contributed by atoms with Crippen LogP contribution in [0.3, 0.4) is 0 Å². The van der Waals surface area contributed by atoms with E-state index in [2.05, 4.69) is 16.0 Å². The van der Waals surface area contributed by atoms with E-state index in [1.54, 1.807) is 38.1 Å². The minimum atomic E-state index is -0.880. The molecule has 0 spiro atoms. The van der Waals surface area contributed by atoms with E-state index in [0.717, 1.165) is 11.3 Å². The van der Waals surface area contributed by atoms with Crippen molar-refractivity contribution in [3.63, 3.8) is 0 Å². The Morgan fingerprint density at radius 2 is 1.61 bits per heavy atom. The van der Waals surface area contributed by atoms with Crippen molar-refractivity contribution < 1.29 is 19.1 Å². The number of urea groups is 1. The molecule has 2 aromatic carbocycles. The van der Waals surface area contributed by atoms with Crippen LogP contribution < -0.4 is 20.9 Å². The summed E-state index contributed by atoms with van der Waals surface area (Å²) >= 11 is 0. The van der Waals surface area contributed by atoms with E-state index < -0.39 is 30.6 Å². The smallest absolute Gasteiger partial charge is 0.329 e. The van der Waals surface area contributed by atoms with Crippen LogP contribution in [0.2, 0.25) is 0 Å². The van der Waals surface area contributed by atoms with Crippen LogP contribution in [-0.4, -0.2) is 44.7 Å². The average molecular weight is 427 g/mol. The van der Waals surface area contributed by atoms with Gasteiger partial charge in [-0.2, -0.15) is 0 Å². The van der Waals surface area contributed by atoms with Crippen molar-refractivity contribution in [2.24, 2.45) is 5.92 Å². The first-order chi connectivity index (χ1) is 14.8. The van der Waals surface area contributed by atoms with Gasteiger partial charge in [0.05, 0.1) is 0 Å². The maximum absolute atomic E-state index is 12.4. The SMILES string of the molecule is CC(C)[C@@H](NC(=O)Nc1ccccc1)C(=O)OCC(=O)NCc1ccc(N(C)C)cc1. The Hall–Kier alpha value is -3.55. The van der Waals surface area contributed by atoms with Crippen LogP contribution in [0.25, 0.3) is 0 Å². The molecule has 0 saturated carbocycles. The van der Waals surface area contributed by atoms with Gasteiger partial charge < -0.3 is 25.6 Å². The number of hydrogen-bond acceptors (Lipinski definition) is 5. The third-order valence-electron chi connectivity index (χ3n) is 4.53. The summed E-state index contributed by atoms with van der Waals surface area (Å²) in [7, 11) is 3.91. The Bertz CT molecular complexity index is 867. The van der Waals surface area contributed by atoms with Crippen molar-refractivity contribution in [2.75, 3.05) is 30.9 Å². The predicted molar refractivity (Wildman–Crippen MR) is 121 cm³/mol. The van der Waals surface area contributed by atoms with Crippen molar-refractivity contribution in [3.05, 3.63) is 60.2 Å². The summed E-state index contributed by atoms with van der Waals surface area (Å²) in [4.78, 5) is 38.6. The van der Waals surface area contributed by atoms with Crippen LogP contribution in [0.1, 0.15) is 19.4 Å². The maximum atomic E-state index is 12.4. The van der Waals surface area contributed by atoms with Crippen molar-refractivity contribution >= 4 is 29.3 Å². The number of carbonyl (C=O) groups excluding carboxylic acids is 3. The van der Waals surface area contributed by atoms with E-state index in [1.807, 2.05) is 49.3 Å². The van der Waals surface area contributed by atoms with Crippen molar-refractivity contribution in [3.8, 4) is 0 Å². The molecule has 0 aliphatic rings.